The van der Waals surface area contributed by atoms with Gasteiger partial charge in [-0.2, -0.15) is 0 Å². The summed E-state index contributed by atoms with van der Waals surface area (Å²) in [5, 5.41) is 0. The van der Waals surface area contributed by atoms with Crippen molar-refractivity contribution in [1.82, 2.24) is 0 Å². The fourth-order valence-corrected chi connectivity index (χ4v) is 7.94. The molecule has 0 nitrogen and oxygen atoms in total. The minimum absolute atomic E-state index is 0. The second-order valence-electron chi connectivity index (χ2n) is 4.98. The molecule has 2 rings (SSSR count). The predicted molar refractivity (Wildman–Crippen MR) is 83.8 cm³/mol. The summed E-state index contributed by atoms with van der Waals surface area (Å²) in [6.45, 7) is 9.01. The van der Waals surface area contributed by atoms with E-state index in [-0.39, 0.29) is 24.8 Å². The second kappa shape index (κ2) is 7.18. The molecule has 18 heavy (non-hydrogen) atoms. The zero-order chi connectivity index (χ0) is 11.9. The molecule has 0 bridgehead atoms. The van der Waals surface area contributed by atoms with Crippen LogP contribution in [-0.2, 0) is 21.3 Å². The van der Waals surface area contributed by atoms with Crippen molar-refractivity contribution in [3.8, 4) is 0 Å². The molecular formula is C15H22Cl2Zr. The van der Waals surface area contributed by atoms with Crippen molar-refractivity contribution < 1.29 is 21.3 Å². The van der Waals surface area contributed by atoms with Crippen LogP contribution in [0.15, 0.2) is 41.0 Å². The van der Waals surface area contributed by atoms with Gasteiger partial charge in [-0.3, -0.25) is 0 Å². The molecule has 0 atom stereocenters. The molecule has 100 valence electrons. The summed E-state index contributed by atoms with van der Waals surface area (Å²) in [7, 11) is 0. The van der Waals surface area contributed by atoms with Crippen molar-refractivity contribution in [1.29, 1.82) is 0 Å². The van der Waals surface area contributed by atoms with E-state index < -0.39 is 21.3 Å². The molecule has 0 spiro atoms. The van der Waals surface area contributed by atoms with Gasteiger partial charge in [-0.05, 0) is 0 Å². The van der Waals surface area contributed by atoms with Gasteiger partial charge in [-0.1, -0.05) is 0 Å². The number of allylic oxidation sites excluding steroid dienone is 8. The summed E-state index contributed by atoms with van der Waals surface area (Å²) in [5.74, 6) is 0. The van der Waals surface area contributed by atoms with Gasteiger partial charge in [0.25, 0.3) is 0 Å². The molecule has 0 saturated heterocycles. The Morgan fingerprint density at radius 3 is 2.11 bits per heavy atom. The molecular weight excluding hydrogens is 342 g/mol. The molecule has 0 heterocycles. The van der Waals surface area contributed by atoms with E-state index in [2.05, 4.69) is 44.1 Å². The van der Waals surface area contributed by atoms with Crippen molar-refractivity contribution in [2.24, 2.45) is 0 Å². The average Bonchev–Trinajstić information content (AvgIpc) is 2.73. The third-order valence-corrected chi connectivity index (χ3v) is 9.84. The van der Waals surface area contributed by atoms with Gasteiger partial charge in [-0.25, -0.2) is 0 Å². The summed E-state index contributed by atoms with van der Waals surface area (Å²) >= 11 is -1.69. The molecule has 0 N–H and O–H groups in total. The van der Waals surface area contributed by atoms with Gasteiger partial charge in [0.1, 0.15) is 0 Å². The second-order valence-corrected chi connectivity index (χ2v) is 10.4. The van der Waals surface area contributed by atoms with E-state index in [0.29, 0.717) is 0 Å². The Kier molecular flexibility index (Phi) is 7.29. The Bertz CT molecular complexity index is 491. The first kappa shape index (κ1) is 18.3. The van der Waals surface area contributed by atoms with Crippen molar-refractivity contribution in [2.45, 2.75) is 40.5 Å². The first-order valence-corrected chi connectivity index (χ1v) is 10.1. The van der Waals surface area contributed by atoms with E-state index in [1.165, 1.54) is 24.0 Å². The van der Waals surface area contributed by atoms with Crippen LogP contribution in [0.3, 0.4) is 0 Å². The van der Waals surface area contributed by atoms with Crippen molar-refractivity contribution in [3.63, 3.8) is 0 Å². The van der Waals surface area contributed by atoms with E-state index in [9.17, 15) is 0 Å². The Morgan fingerprint density at radius 1 is 1.11 bits per heavy atom. The molecule has 0 aliphatic heterocycles. The maximum absolute atomic E-state index is 4.57. The molecule has 0 fully saturated rings. The fourth-order valence-electron chi connectivity index (χ4n) is 2.40. The van der Waals surface area contributed by atoms with Crippen LogP contribution in [0.4, 0.5) is 0 Å². The normalized spacial score (nSPS) is 18.2. The van der Waals surface area contributed by atoms with Gasteiger partial charge in [-0.15, -0.1) is 24.8 Å². The van der Waals surface area contributed by atoms with Crippen LogP contribution in [-0.4, -0.2) is 4.21 Å². The topological polar surface area (TPSA) is 0 Å². The average molecular weight is 364 g/mol. The third kappa shape index (κ3) is 3.44. The Labute approximate surface area is 131 Å². The van der Waals surface area contributed by atoms with Gasteiger partial charge < -0.3 is 0 Å². The summed E-state index contributed by atoms with van der Waals surface area (Å²) < 4.78 is 7.97. The Morgan fingerprint density at radius 2 is 1.72 bits per heavy atom. The van der Waals surface area contributed by atoms with Crippen LogP contribution in [0, 0.1) is 0 Å². The van der Waals surface area contributed by atoms with Gasteiger partial charge in [0.05, 0.1) is 0 Å². The number of hydrogen-bond donors (Lipinski definition) is 0. The summed E-state index contributed by atoms with van der Waals surface area (Å²) in [6.07, 6.45) is 7.19. The molecule has 0 saturated carbocycles. The minimum atomic E-state index is -1.69. The van der Waals surface area contributed by atoms with Crippen LogP contribution in [0.5, 0.6) is 0 Å². The van der Waals surface area contributed by atoms with Crippen LogP contribution in [0.1, 0.15) is 40.5 Å². The fraction of sp³-hybridized carbons (Fsp3) is 0.400. The van der Waals surface area contributed by atoms with Gasteiger partial charge in [0.15, 0.2) is 0 Å². The zero-order valence-electron chi connectivity index (χ0n) is 11.6. The van der Waals surface area contributed by atoms with E-state index in [0.717, 1.165) is 0 Å². The van der Waals surface area contributed by atoms with Gasteiger partial charge >= 0.3 is 107 Å². The standard InChI is InChI=1S/2C7H9.CH2.2ClH.Zr/c2*1-6-4-3-5-7(6)2;;;;/h4H,5H2,1-2H3;4H,3H2,1-2H3;1H2;2*1H;. The summed E-state index contributed by atoms with van der Waals surface area (Å²) in [5.41, 5.74) is 6.07. The summed E-state index contributed by atoms with van der Waals surface area (Å²) in [6, 6.07) is 0. The van der Waals surface area contributed by atoms with Crippen LogP contribution >= 0.6 is 24.8 Å². The Balaban J connectivity index is 0.00000144. The molecule has 0 aromatic heterocycles. The zero-order valence-corrected chi connectivity index (χ0v) is 15.7. The van der Waals surface area contributed by atoms with E-state index >= 15 is 0 Å². The molecule has 0 amide bonds. The predicted octanol–water partition coefficient (Wildman–Crippen LogP) is 5.13. The maximum atomic E-state index is 4.57. The SMILES string of the molecule is Cl.Cl.[CH2]=[Zr]([C]1=CC(C)=C(C)C1)[C]1=C(C)C(C)=CC1. The van der Waals surface area contributed by atoms with Crippen LogP contribution in [0.25, 0.3) is 0 Å². The molecule has 0 aromatic carbocycles. The first-order chi connectivity index (χ1) is 7.50. The quantitative estimate of drug-likeness (QED) is 0.637. The van der Waals surface area contributed by atoms with Gasteiger partial charge in [0, 0.05) is 0 Å². The van der Waals surface area contributed by atoms with Gasteiger partial charge in [0.2, 0.25) is 0 Å². The van der Waals surface area contributed by atoms with E-state index in [4.69, 9.17) is 0 Å². The molecule has 0 aromatic rings. The molecule has 2 aliphatic carbocycles. The van der Waals surface area contributed by atoms with Crippen molar-refractivity contribution in [2.75, 3.05) is 0 Å². The first-order valence-electron chi connectivity index (χ1n) is 5.94. The van der Waals surface area contributed by atoms with E-state index in [1.807, 2.05) is 0 Å². The molecule has 3 heteroatoms. The third-order valence-electron chi connectivity index (χ3n) is 3.93. The molecule has 0 unspecified atom stereocenters. The van der Waals surface area contributed by atoms with E-state index in [1.54, 1.807) is 17.7 Å². The number of hydrogen-bond acceptors (Lipinski definition) is 0. The Hall–Kier alpha value is 0.293. The van der Waals surface area contributed by atoms with Crippen LogP contribution < -0.4 is 0 Å². The number of halogens is 2. The van der Waals surface area contributed by atoms with Crippen molar-refractivity contribution >= 4 is 29.0 Å². The number of rotatable bonds is 2. The molecule has 0 radical (unpaired) electrons. The van der Waals surface area contributed by atoms with Crippen LogP contribution in [0.2, 0.25) is 0 Å². The molecule has 2 aliphatic rings. The monoisotopic (exact) mass is 362 g/mol. The van der Waals surface area contributed by atoms with Crippen molar-refractivity contribution in [3.05, 3.63) is 41.0 Å². The summed E-state index contributed by atoms with van der Waals surface area (Å²) in [4.78, 5) is 0.